The molecule has 2 aliphatic heterocycles. The molecule has 11 heteroatoms. The molecular weight excluding hydrogens is 548 g/mol. The van der Waals surface area contributed by atoms with Gasteiger partial charge in [0, 0.05) is 30.6 Å². The molecule has 2 aromatic rings. The number of nitrogens with zero attached hydrogens (tertiary/aromatic N) is 5. The van der Waals surface area contributed by atoms with Gasteiger partial charge in [-0.1, -0.05) is 24.4 Å². The fourth-order valence-corrected chi connectivity index (χ4v) is 8.00. The number of anilines is 1. The van der Waals surface area contributed by atoms with Crippen LogP contribution in [-0.2, 0) is 16.4 Å². The number of amides is 1. The van der Waals surface area contributed by atoms with Crippen LogP contribution in [0.25, 0.3) is 0 Å². The minimum absolute atomic E-state index is 0.117. The van der Waals surface area contributed by atoms with Gasteiger partial charge in [-0.15, -0.1) is 0 Å². The van der Waals surface area contributed by atoms with Gasteiger partial charge in [0.15, 0.2) is 0 Å². The Labute approximate surface area is 240 Å². The van der Waals surface area contributed by atoms with Gasteiger partial charge >= 0.3 is 0 Å². The SMILES string of the molecule is CS(=O)(=O)NC1CCN(C(=O)c2ccc3c(n2)CCC2C3=NN(c3ccc(C#N)c(Cl)c3)C2C2CCCC2)CC1. The molecular formula is C29H33ClN6O3S. The highest BCUT2D eigenvalue weighted by Crippen LogP contribution is 2.45. The van der Waals surface area contributed by atoms with Crippen LogP contribution < -0.4 is 9.73 Å². The largest absolute Gasteiger partial charge is 0.337 e. The van der Waals surface area contributed by atoms with Gasteiger partial charge in [0.05, 0.1) is 40.0 Å². The van der Waals surface area contributed by atoms with Crippen molar-refractivity contribution in [3.05, 3.63) is 57.9 Å². The molecule has 0 bridgehead atoms. The summed E-state index contributed by atoms with van der Waals surface area (Å²) in [6, 6.07) is 11.6. The molecule has 4 aliphatic rings. The van der Waals surface area contributed by atoms with Crippen molar-refractivity contribution in [2.75, 3.05) is 24.4 Å². The Bertz CT molecular complexity index is 1510. The number of hydrazone groups is 1. The maximum absolute atomic E-state index is 13.3. The van der Waals surface area contributed by atoms with E-state index >= 15 is 0 Å². The van der Waals surface area contributed by atoms with E-state index in [1.165, 1.54) is 25.7 Å². The monoisotopic (exact) mass is 580 g/mol. The first-order valence-corrected chi connectivity index (χ1v) is 16.3. The van der Waals surface area contributed by atoms with Crippen LogP contribution in [0.3, 0.4) is 0 Å². The molecule has 2 atom stereocenters. The molecule has 2 unspecified atom stereocenters. The standard InChI is InChI=1S/C29H33ClN6O3S/c1-40(38,39)34-20-12-14-35(15-13-20)29(37)26-11-8-22-25(32-26)10-9-23-27(22)33-36(28(23)18-4-2-3-5-18)21-7-6-19(17-31)24(30)16-21/h6-8,11,16,18,20,23,28,34H,2-5,9-10,12-15H2,1H3. The number of carbonyl (C=O) groups is 1. The Balaban J connectivity index is 1.25. The summed E-state index contributed by atoms with van der Waals surface area (Å²) in [5, 5.41) is 17.1. The quantitative estimate of drug-likeness (QED) is 0.568. The molecule has 1 N–H and O–H groups in total. The number of sulfonamides is 1. The lowest BCUT2D eigenvalue weighted by Gasteiger charge is -2.34. The summed E-state index contributed by atoms with van der Waals surface area (Å²) in [7, 11) is -3.27. The molecule has 6 rings (SSSR count). The van der Waals surface area contributed by atoms with Crippen LogP contribution in [0.15, 0.2) is 35.4 Å². The van der Waals surface area contributed by atoms with Gasteiger partial charge in [-0.05, 0) is 74.8 Å². The lowest BCUT2D eigenvalue weighted by Crippen LogP contribution is -2.46. The molecule has 0 spiro atoms. The first-order chi connectivity index (χ1) is 19.2. The Morgan fingerprint density at radius 2 is 1.85 bits per heavy atom. The predicted octanol–water partition coefficient (Wildman–Crippen LogP) is 4.11. The van der Waals surface area contributed by atoms with Crippen LogP contribution in [-0.4, -0.2) is 61.3 Å². The van der Waals surface area contributed by atoms with Crippen molar-refractivity contribution in [1.82, 2.24) is 14.6 Å². The number of pyridine rings is 1. The Hall–Kier alpha value is -3.00. The lowest BCUT2D eigenvalue weighted by atomic mass is 9.76. The van der Waals surface area contributed by atoms with E-state index in [1.54, 1.807) is 17.0 Å². The van der Waals surface area contributed by atoms with Crippen LogP contribution in [0.5, 0.6) is 0 Å². The molecule has 0 radical (unpaired) electrons. The Kier molecular flexibility index (Phi) is 7.32. The summed E-state index contributed by atoms with van der Waals surface area (Å²) in [5.74, 6) is 0.694. The highest BCUT2D eigenvalue weighted by atomic mass is 35.5. The summed E-state index contributed by atoms with van der Waals surface area (Å²) in [4.78, 5) is 19.9. The minimum Gasteiger partial charge on any atom is -0.337 e. The number of halogens is 1. The number of nitriles is 1. The van der Waals surface area contributed by atoms with E-state index in [9.17, 15) is 18.5 Å². The third-order valence-corrected chi connectivity index (χ3v) is 9.88. The molecule has 2 aliphatic carbocycles. The third kappa shape index (κ3) is 5.22. The molecule has 3 heterocycles. The highest BCUT2D eigenvalue weighted by molar-refractivity contribution is 7.88. The highest BCUT2D eigenvalue weighted by Gasteiger charge is 2.46. The van der Waals surface area contributed by atoms with Crippen molar-refractivity contribution in [3.8, 4) is 6.07 Å². The van der Waals surface area contributed by atoms with Crippen molar-refractivity contribution >= 4 is 38.9 Å². The Morgan fingerprint density at radius 1 is 1.10 bits per heavy atom. The number of piperidine rings is 1. The number of nitrogens with one attached hydrogen (secondary N) is 1. The number of carbonyl (C=O) groups excluding carboxylic acids is 1. The normalized spacial score (nSPS) is 23.5. The molecule has 1 amide bonds. The fraction of sp³-hybridized carbons (Fsp3) is 0.517. The second-order valence-corrected chi connectivity index (χ2v) is 13.6. The first-order valence-electron chi connectivity index (χ1n) is 14.1. The molecule has 1 aromatic carbocycles. The van der Waals surface area contributed by atoms with Gasteiger partial charge in [-0.3, -0.25) is 9.80 Å². The van der Waals surface area contributed by atoms with Gasteiger partial charge in [0.1, 0.15) is 11.8 Å². The molecule has 1 saturated carbocycles. The zero-order valence-electron chi connectivity index (χ0n) is 22.5. The van der Waals surface area contributed by atoms with Crippen LogP contribution in [0.2, 0.25) is 5.02 Å². The van der Waals surface area contributed by atoms with E-state index in [2.05, 4.69) is 15.8 Å². The topological polar surface area (TPSA) is 119 Å². The first kappa shape index (κ1) is 27.2. The third-order valence-electron chi connectivity index (χ3n) is 8.81. The number of benzene rings is 1. The van der Waals surface area contributed by atoms with Crippen molar-refractivity contribution in [3.63, 3.8) is 0 Å². The average Bonchev–Trinajstić information content (AvgIpc) is 3.60. The van der Waals surface area contributed by atoms with Gasteiger partial charge < -0.3 is 4.90 Å². The van der Waals surface area contributed by atoms with E-state index < -0.39 is 10.0 Å². The maximum atomic E-state index is 13.3. The number of hydrogen-bond acceptors (Lipinski definition) is 7. The number of likely N-dealkylation sites (tertiary alicyclic amines) is 1. The second kappa shape index (κ2) is 10.8. The number of aryl methyl sites for hydroxylation is 1. The van der Waals surface area contributed by atoms with Crippen molar-refractivity contribution in [2.45, 2.75) is 63.5 Å². The van der Waals surface area contributed by atoms with Gasteiger partial charge in [0.25, 0.3) is 5.91 Å². The predicted molar refractivity (Wildman–Crippen MR) is 154 cm³/mol. The van der Waals surface area contributed by atoms with E-state index in [1.807, 2.05) is 18.2 Å². The molecule has 40 heavy (non-hydrogen) atoms. The number of fused-ring (bicyclic) bond motifs is 3. The van der Waals surface area contributed by atoms with Crippen molar-refractivity contribution in [2.24, 2.45) is 16.9 Å². The number of aromatic nitrogens is 1. The number of rotatable bonds is 5. The van der Waals surface area contributed by atoms with Crippen LogP contribution >= 0.6 is 11.6 Å². The van der Waals surface area contributed by atoms with E-state index in [4.69, 9.17) is 21.7 Å². The second-order valence-electron chi connectivity index (χ2n) is 11.4. The summed E-state index contributed by atoms with van der Waals surface area (Å²) in [6.07, 6.45) is 8.85. The zero-order valence-corrected chi connectivity index (χ0v) is 24.1. The zero-order chi connectivity index (χ0) is 28.0. The summed E-state index contributed by atoms with van der Waals surface area (Å²) >= 11 is 6.42. The summed E-state index contributed by atoms with van der Waals surface area (Å²) in [5.41, 5.74) is 4.72. The maximum Gasteiger partial charge on any atom is 0.272 e. The van der Waals surface area contributed by atoms with Crippen LogP contribution in [0.1, 0.15) is 72.3 Å². The van der Waals surface area contributed by atoms with Crippen molar-refractivity contribution < 1.29 is 13.2 Å². The summed E-state index contributed by atoms with van der Waals surface area (Å²) < 4.78 is 25.8. The van der Waals surface area contributed by atoms with Crippen molar-refractivity contribution in [1.29, 1.82) is 5.26 Å². The number of hydrogen-bond donors (Lipinski definition) is 1. The average molecular weight is 581 g/mol. The molecule has 1 saturated heterocycles. The van der Waals surface area contributed by atoms with E-state index in [0.29, 0.717) is 48.1 Å². The minimum atomic E-state index is -3.27. The van der Waals surface area contributed by atoms with E-state index in [-0.39, 0.29) is 23.9 Å². The van der Waals surface area contributed by atoms with Gasteiger partial charge in [0.2, 0.25) is 10.0 Å². The van der Waals surface area contributed by atoms with Crippen LogP contribution in [0, 0.1) is 23.2 Å². The lowest BCUT2D eigenvalue weighted by molar-refractivity contribution is 0.0705. The molecule has 9 nitrogen and oxygen atoms in total. The molecule has 2 fully saturated rings. The molecule has 1 aromatic heterocycles. The van der Waals surface area contributed by atoms with E-state index in [0.717, 1.165) is 41.8 Å². The molecule has 210 valence electrons. The summed E-state index contributed by atoms with van der Waals surface area (Å²) in [6.45, 7) is 0.982. The van der Waals surface area contributed by atoms with Gasteiger partial charge in [-0.2, -0.15) is 10.4 Å². The van der Waals surface area contributed by atoms with Gasteiger partial charge in [-0.25, -0.2) is 18.1 Å². The smallest absolute Gasteiger partial charge is 0.272 e. The van der Waals surface area contributed by atoms with Crippen LogP contribution in [0.4, 0.5) is 5.69 Å². The fourth-order valence-electron chi connectivity index (χ4n) is 6.95. The Morgan fingerprint density at radius 3 is 2.52 bits per heavy atom.